The number of halogens is 1. The largest absolute Gasteiger partial charge is 0.454 e. The molecule has 1 heterocycles. The molecule has 3 rings (SSSR count). The molecule has 2 aromatic rings. The zero-order valence-electron chi connectivity index (χ0n) is 15.4. The average Bonchev–Trinajstić information content (AvgIpc) is 3.16. The maximum atomic E-state index is 13.1. The van der Waals surface area contributed by atoms with Gasteiger partial charge in [-0.2, -0.15) is 0 Å². The van der Waals surface area contributed by atoms with E-state index in [1.807, 2.05) is 19.1 Å². The lowest BCUT2D eigenvalue weighted by Gasteiger charge is -2.20. The summed E-state index contributed by atoms with van der Waals surface area (Å²) >= 11 is 0. The molecule has 2 aromatic carbocycles. The Morgan fingerprint density at radius 3 is 2.79 bits per heavy atom. The van der Waals surface area contributed by atoms with Gasteiger partial charge in [0.15, 0.2) is 18.1 Å². The van der Waals surface area contributed by atoms with Gasteiger partial charge in [-0.1, -0.05) is 18.2 Å². The molecule has 1 aliphatic rings. The normalized spacial score (nSPS) is 12.2. The second-order valence-electron chi connectivity index (χ2n) is 6.09. The van der Waals surface area contributed by atoms with Crippen molar-refractivity contribution < 1.29 is 28.2 Å². The van der Waals surface area contributed by atoms with Gasteiger partial charge in [-0.3, -0.25) is 4.79 Å². The van der Waals surface area contributed by atoms with Crippen LogP contribution in [0.5, 0.6) is 11.5 Å². The van der Waals surface area contributed by atoms with Crippen LogP contribution in [0.4, 0.5) is 4.39 Å². The maximum Gasteiger partial charge on any atom is 0.331 e. The summed E-state index contributed by atoms with van der Waals surface area (Å²) < 4.78 is 28.7. The summed E-state index contributed by atoms with van der Waals surface area (Å²) in [4.78, 5) is 25.7. The van der Waals surface area contributed by atoms with Crippen molar-refractivity contribution in [3.8, 4) is 11.5 Å². The minimum absolute atomic E-state index is 0.189. The van der Waals surface area contributed by atoms with Crippen molar-refractivity contribution in [2.24, 2.45) is 0 Å². The monoisotopic (exact) mass is 385 g/mol. The number of hydrogen-bond donors (Lipinski definition) is 0. The Hall–Kier alpha value is -3.35. The van der Waals surface area contributed by atoms with E-state index < -0.39 is 11.8 Å². The summed E-state index contributed by atoms with van der Waals surface area (Å²) in [7, 11) is 0. The zero-order valence-corrected chi connectivity index (χ0v) is 15.4. The van der Waals surface area contributed by atoms with E-state index in [0.717, 1.165) is 11.6 Å². The molecule has 0 saturated carbocycles. The molecule has 0 radical (unpaired) electrons. The van der Waals surface area contributed by atoms with Crippen molar-refractivity contribution in [1.29, 1.82) is 0 Å². The highest BCUT2D eigenvalue weighted by Gasteiger charge is 2.17. The first-order valence-corrected chi connectivity index (χ1v) is 8.82. The molecule has 7 heteroatoms. The van der Waals surface area contributed by atoms with Crippen LogP contribution in [0.2, 0.25) is 0 Å². The molecule has 0 aliphatic carbocycles. The predicted octanol–water partition coefficient (Wildman–Crippen LogP) is 3.16. The molecule has 0 unspecified atom stereocenters. The Labute approximate surface area is 162 Å². The highest BCUT2D eigenvalue weighted by molar-refractivity contribution is 5.89. The molecule has 0 spiro atoms. The van der Waals surface area contributed by atoms with Gasteiger partial charge in [0.2, 0.25) is 6.79 Å². The van der Waals surface area contributed by atoms with Gasteiger partial charge in [-0.25, -0.2) is 9.18 Å². The lowest BCUT2D eigenvalue weighted by Crippen LogP contribution is -2.33. The maximum absolute atomic E-state index is 13.1. The minimum Gasteiger partial charge on any atom is -0.454 e. The predicted molar refractivity (Wildman–Crippen MR) is 100 cm³/mol. The van der Waals surface area contributed by atoms with Gasteiger partial charge in [-0.15, -0.1) is 0 Å². The minimum atomic E-state index is -0.670. The van der Waals surface area contributed by atoms with Crippen LogP contribution in [-0.2, 0) is 20.9 Å². The summed E-state index contributed by atoms with van der Waals surface area (Å²) in [6.45, 7) is 2.49. The molecular weight excluding hydrogens is 365 g/mol. The van der Waals surface area contributed by atoms with Gasteiger partial charge in [0, 0.05) is 19.2 Å². The summed E-state index contributed by atoms with van der Waals surface area (Å²) in [5.41, 5.74) is 1.41. The molecule has 0 bridgehead atoms. The second kappa shape index (κ2) is 9.03. The fourth-order valence-corrected chi connectivity index (χ4v) is 2.68. The molecule has 0 atom stereocenters. The molecule has 28 heavy (non-hydrogen) atoms. The number of fused-ring (bicyclic) bond motifs is 1. The summed E-state index contributed by atoms with van der Waals surface area (Å²) in [5, 5.41) is 0. The van der Waals surface area contributed by atoms with Gasteiger partial charge >= 0.3 is 5.97 Å². The highest BCUT2D eigenvalue weighted by atomic mass is 19.1. The molecule has 0 N–H and O–H groups in total. The van der Waals surface area contributed by atoms with Gasteiger partial charge < -0.3 is 19.1 Å². The number of carbonyl (C=O) groups excluding carboxylic acids is 2. The first-order valence-electron chi connectivity index (χ1n) is 8.82. The first-order chi connectivity index (χ1) is 13.5. The van der Waals surface area contributed by atoms with Crippen LogP contribution in [0.25, 0.3) is 6.08 Å². The van der Waals surface area contributed by atoms with Gasteiger partial charge in [0.25, 0.3) is 5.91 Å². The van der Waals surface area contributed by atoms with Crippen molar-refractivity contribution in [1.82, 2.24) is 4.90 Å². The van der Waals surface area contributed by atoms with E-state index in [2.05, 4.69) is 0 Å². The Morgan fingerprint density at radius 2 is 2.00 bits per heavy atom. The molecule has 0 aromatic heterocycles. The standard InChI is InChI=1S/C21H20FNO5/c1-2-23(12-16-6-8-18-19(11-16)28-14-27-18)20(24)13-26-21(25)9-7-15-4-3-5-17(22)10-15/h3-11H,2,12-14H2,1H3/b9-7+. The lowest BCUT2D eigenvalue weighted by atomic mass is 10.2. The lowest BCUT2D eigenvalue weighted by molar-refractivity contribution is -0.148. The third-order valence-corrected chi connectivity index (χ3v) is 4.14. The molecule has 146 valence electrons. The third kappa shape index (κ3) is 5.09. The third-order valence-electron chi connectivity index (χ3n) is 4.14. The van der Waals surface area contributed by atoms with Gasteiger partial charge in [0.1, 0.15) is 5.82 Å². The molecule has 0 saturated heterocycles. The first kappa shape index (κ1) is 19.4. The van der Waals surface area contributed by atoms with Crippen LogP contribution in [0.15, 0.2) is 48.5 Å². The Morgan fingerprint density at radius 1 is 1.18 bits per heavy atom. The Bertz CT molecular complexity index is 896. The van der Waals surface area contributed by atoms with Crippen LogP contribution in [0, 0.1) is 5.82 Å². The summed E-state index contributed by atoms with van der Waals surface area (Å²) in [6.07, 6.45) is 2.59. The molecule has 1 aliphatic heterocycles. The van der Waals surface area contributed by atoms with E-state index in [1.54, 1.807) is 23.1 Å². The number of amides is 1. The van der Waals surface area contributed by atoms with Crippen LogP contribution >= 0.6 is 0 Å². The molecule has 6 nitrogen and oxygen atoms in total. The molecule has 0 fully saturated rings. The van der Waals surface area contributed by atoms with Crippen molar-refractivity contribution in [3.05, 3.63) is 65.5 Å². The van der Waals surface area contributed by atoms with Gasteiger partial charge in [0.05, 0.1) is 0 Å². The van der Waals surface area contributed by atoms with E-state index in [0.29, 0.717) is 30.2 Å². The van der Waals surface area contributed by atoms with Crippen molar-refractivity contribution in [2.45, 2.75) is 13.5 Å². The van der Waals surface area contributed by atoms with Crippen LogP contribution in [0.1, 0.15) is 18.1 Å². The van der Waals surface area contributed by atoms with E-state index in [4.69, 9.17) is 14.2 Å². The fourth-order valence-electron chi connectivity index (χ4n) is 2.68. The second-order valence-corrected chi connectivity index (χ2v) is 6.09. The van der Waals surface area contributed by atoms with Gasteiger partial charge in [-0.05, 0) is 48.4 Å². The number of rotatable bonds is 7. The SMILES string of the molecule is CCN(Cc1ccc2c(c1)OCO2)C(=O)COC(=O)/C=C/c1cccc(F)c1. The van der Waals surface area contributed by atoms with E-state index in [1.165, 1.54) is 18.2 Å². The summed E-state index contributed by atoms with van der Waals surface area (Å²) in [5.74, 6) is -0.0516. The number of esters is 1. The average molecular weight is 385 g/mol. The zero-order chi connectivity index (χ0) is 19.9. The number of likely N-dealkylation sites (N-methyl/N-ethyl adjacent to an activating group) is 1. The summed E-state index contributed by atoms with van der Waals surface area (Å²) in [6, 6.07) is 11.3. The number of nitrogens with zero attached hydrogens (tertiary/aromatic N) is 1. The van der Waals surface area contributed by atoms with E-state index in [-0.39, 0.29) is 19.3 Å². The fraction of sp³-hybridized carbons (Fsp3) is 0.238. The highest BCUT2D eigenvalue weighted by Crippen LogP contribution is 2.32. The Balaban J connectivity index is 1.51. The quantitative estimate of drug-likeness (QED) is 0.541. The van der Waals surface area contributed by atoms with Crippen LogP contribution in [0.3, 0.4) is 0 Å². The van der Waals surface area contributed by atoms with Crippen LogP contribution in [-0.4, -0.2) is 36.7 Å². The van der Waals surface area contributed by atoms with Crippen molar-refractivity contribution >= 4 is 18.0 Å². The smallest absolute Gasteiger partial charge is 0.331 e. The Kier molecular flexibility index (Phi) is 6.26. The van der Waals surface area contributed by atoms with Crippen molar-refractivity contribution in [2.75, 3.05) is 19.9 Å². The van der Waals surface area contributed by atoms with E-state index in [9.17, 15) is 14.0 Å². The number of hydrogen-bond acceptors (Lipinski definition) is 5. The number of carbonyl (C=O) groups is 2. The topological polar surface area (TPSA) is 65.1 Å². The van der Waals surface area contributed by atoms with E-state index >= 15 is 0 Å². The van der Waals surface area contributed by atoms with Crippen LogP contribution < -0.4 is 9.47 Å². The molecule has 1 amide bonds. The number of benzene rings is 2. The number of ether oxygens (including phenoxy) is 3. The molecular formula is C21H20FNO5. The van der Waals surface area contributed by atoms with Crippen molar-refractivity contribution in [3.63, 3.8) is 0 Å².